The minimum atomic E-state index is -0.228. The topological polar surface area (TPSA) is 37.0 Å². The summed E-state index contributed by atoms with van der Waals surface area (Å²) in [5.41, 5.74) is 3.49. The maximum absolute atomic E-state index is 12.7. The van der Waals surface area contributed by atoms with E-state index < -0.39 is 0 Å². The number of hydrogen-bond donors (Lipinski definition) is 2. The molecular weight excluding hydrogens is 267 g/mol. The molecule has 1 unspecified atom stereocenters. The van der Waals surface area contributed by atoms with Gasteiger partial charge in [-0.05, 0) is 43.5 Å². The summed E-state index contributed by atoms with van der Waals surface area (Å²) in [5, 5.41) is 4.61. The largest absolute Gasteiger partial charge is 0.496 e. The van der Waals surface area contributed by atoms with E-state index in [1.165, 1.54) is 10.9 Å². The molecule has 0 aliphatic rings. The summed E-state index contributed by atoms with van der Waals surface area (Å²) in [7, 11) is 1.70. The Kier molecular flexibility index (Phi) is 5.62. The molecule has 116 valence electrons. The Morgan fingerprint density at radius 3 is 2.90 bits per heavy atom. The zero-order chi connectivity index (χ0) is 15.2. The first kappa shape index (κ1) is 15.8. The molecule has 1 heterocycles. The standard InChI is InChI=1S/C17H25FN2O/c1-4-13(10-18)5-7-19-11-15-14-6-8-20-17(14)12(2)9-16(15)21-3/h6,8-9,13,19-20H,4-5,7,10-11H2,1-3H3. The zero-order valence-corrected chi connectivity index (χ0v) is 13.1. The quantitative estimate of drug-likeness (QED) is 0.723. The van der Waals surface area contributed by atoms with Crippen molar-refractivity contribution in [3.05, 3.63) is 29.5 Å². The molecule has 0 aliphatic carbocycles. The van der Waals surface area contributed by atoms with Crippen LogP contribution in [0.2, 0.25) is 0 Å². The van der Waals surface area contributed by atoms with Gasteiger partial charge >= 0.3 is 0 Å². The summed E-state index contributed by atoms with van der Waals surface area (Å²) in [5.74, 6) is 1.08. The molecule has 2 N–H and O–H groups in total. The molecule has 2 rings (SSSR count). The van der Waals surface area contributed by atoms with E-state index >= 15 is 0 Å². The average Bonchev–Trinajstić information content (AvgIpc) is 2.99. The Hall–Kier alpha value is -1.55. The van der Waals surface area contributed by atoms with Crippen molar-refractivity contribution in [3.63, 3.8) is 0 Å². The predicted molar refractivity (Wildman–Crippen MR) is 85.7 cm³/mol. The van der Waals surface area contributed by atoms with Gasteiger partial charge in [-0.3, -0.25) is 4.39 Å². The van der Waals surface area contributed by atoms with Crippen LogP contribution in [0.4, 0.5) is 4.39 Å². The van der Waals surface area contributed by atoms with E-state index in [-0.39, 0.29) is 12.6 Å². The van der Waals surface area contributed by atoms with Crippen molar-refractivity contribution in [1.29, 1.82) is 0 Å². The van der Waals surface area contributed by atoms with Gasteiger partial charge in [0.25, 0.3) is 0 Å². The van der Waals surface area contributed by atoms with Gasteiger partial charge < -0.3 is 15.0 Å². The Bertz CT molecular complexity index is 575. The Balaban J connectivity index is 2.07. The van der Waals surface area contributed by atoms with Crippen LogP contribution in [0.25, 0.3) is 10.9 Å². The van der Waals surface area contributed by atoms with Gasteiger partial charge in [0.05, 0.1) is 13.8 Å². The summed E-state index contributed by atoms with van der Waals surface area (Å²) in [6, 6.07) is 4.14. The molecule has 0 radical (unpaired) electrons. The van der Waals surface area contributed by atoms with Crippen LogP contribution in [0.3, 0.4) is 0 Å². The second-order valence-corrected chi connectivity index (χ2v) is 5.53. The number of nitrogens with one attached hydrogen (secondary N) is 2. The number of aromatic nitrogens is 1. The van der Waals surface area contributed by atoms with Crippen molar-refractivity contribution in [2.24, 2.45) is 5.92 Å². The number of hydrogen-bond acceptors (Lipinski definition) is 2. The molecule has 0 amide bonds. The molecule has 0 saturated carbocycles. The minimum absolute atomic E-state index is 0.171. The van der Waals surface area contributed by atoms with E-state index in [0.29, 0.717) is 0 Å². The van der Waals surface area contributed by atoms with E-state index in [9.17, 15) is 4.39 Å². The molecule has 21 heavy (non-hydrogen) atoms. The number of fused-ring (bicyclic) bond motifs is 1. The molecule has 2 aromatic rings. The number of aromatic amines is 1. The van der Waals surface area contributed by atoms with Gasteiger partial charge in [0.1, 0.15) is 5.75 Å². The van der Waals surface area contributed by atoms with Crippen molar-refractivity contribution >= 4 is 10.9 Å². The molecule has 4 heteroatoms. The normalized spacial score (nSPS) is 12.8. The smallest absolute Gasteiger partial charge is 0.124 e. The molecule has 0 aliphatic heterocycles. The van der Waals surface area contributed by atoms with Crippen LogP contribution in [0.5, 0.6) is 5.75 Å². The van der Waals surface area contributed by atoms with Crippen molar-refractivity contribution in [2.45, 2.75) is 33.2 Å². The van der Waals surface area contributed by atoms with Crippen molar-refractivity contribution < 1.29 is 9.13 Å². The number of alkyl halides is 1. The zero-order valence-electron chi connectivity index (χ0n) is 13.1. The third-order valence-corrected chi connectivity index (χ3v) is 4.16. The van der Waals surface area contributed by atoms with Crippen molar-refractivity contribution in [3.8, 4) is 5.75 Å². The Labute approximate surface area is 125 Å². The fourth-order valence-electron chi connectivity index (χ4n) is 2.71. The van der Waals surface area contributed by atoms with Crippen LogP contribution in [0.15, 0.2) is 18.3 Å². The lowest BCUT2D eigenvalue weighted by atomic mass is 10.0. The summed E-state index contributed by atoms with van der Waals surface area (Å²) in [4.78, 5) is 3.27. The average molecular weight is 292 g/mol. The molecule has 1 atom stereocenters. The molecule has 0 saturated heterocycles. The summed E-state index contributed by atoms with van der Waals surface area (Å²) >= 11 is 0. The van der Waals surface area contributed by atoms with Crippen molar-refractivity contribution in [1.82, 2.24) is 10.3 Å². The van der Waals surface area contributed by atoms with E-state index in [0.717, 1.165) is 42.8 Å². The Morgan fingerprint density at radius 1 is 1.43 bits per heavy atom. The van der Waals surface area contributed by atoms with Crippen LogP contribution < -0.4 is 10.1 Å². The molecule has 0 spiro atoms. The number of methoxy groups -OCH3 is 1. The van der Waals surface area contributed by atoms with Gasteiger partial charge in [0.15, 0.2) is 0 Å². The second-order valence-electron chi connectivity index (χ2n) is 5.53. The molecule has 1 aromatic carbocycles. The van der Waals surface area contributed by atoms with Gasteiger partial charge in [0, 0.05) is 29.2 Å². The van der Waals surface area contributed by atoms with Gasteiger partial charge in [0.2, 0.25) is 0 Å². The maximum atomic E-state index is 12.7. The third-order valence-electron chi connectivity index (χ3n) is 4.16. The van der Waals surface area contributed by atoms with Crippen LogP contribution in [-0.2, 0) is 6.54 Å². The number of rotatable bonds is 8. The first-order valence-corrected chi connectivity index (χ1v) is 7.61. The number of H-pyrrole nitrogens is 1. The molecular formula is C17H25FN2O. The number of benzene rings is 1. The van der Waals surface area contributed by atoms with Crippen LogP contribution in [0, 0.1) is 12.8 Å². The molecule has 1 aromatic heterocycles. The molecule has 0 bridgehead atoms. The minimum Gasteiger partial charge on any atom is -0.496 e. The van der Waals surface area contributed by atoms with E-state index in [1.807, 2.05) is 13.1 Å². The highest BCUT2D eigenvalue weighted by molar-refractivity contribution is 5.88. The highest BCUT2D eigenvalue weighted by atomic mass is 19.1. The second kappa shape index (κ2) is 7.46. The third kappa shape index (κ3) is 3.56. The lowest BCUT2D eigenvalue weighted by molar-refractivity contribution is 0.331. The first-order valence-electron chi connectivity index (χ1n) is 7.61. The monoisotopic (exact) mass is 292 g/mol. The fraction of sp³-hybridized carbons (Fsp3) is 0.529. The van der Waals surface area contributed by atoms with E-state index in [4.69, 9.17) is 4.74 Å². The van der Waals surface area contributed by atoms with Crippen LogP contribution in [-0.4, -0.2) is 25.3 Å². The predicted octanol–water partition coefficient (Wildman–Crippen LogP) is 3.96. The van der Waals surface area contributed by atoms with E-state index in [1.54, 1.807) is 7.11 Å². The summed E-state index contributed by atoms with van der Waals surface area (Å²) in [6.45, 7) is 5.45. The fourth-order valence-corrected chi connectivity index (χ4v) is 2.71. The van der Waals surface area contributed by atoms with Gasteiger partial charge in [-0.15, -0.1) is 0 Å². The summed E-state index contributed by atoms with van der Waals surface area (Å²) in [6.07, 6.45) is 3.72. The van der Waals surface area contributed by atoms with Gasteiger partial charge in [-0.2, -0.15) is 0 Å². The van der Waals surface area contributed by atoms with Gasteiger partial charge in [-0.25, -0.2) is 0 Å². The lowest BCUT2D eigenvalue weighted by Gasteiger charge is -2.14. The van der Waals surface area contributed by atoms with Crippen LogP contribution in [0.1, 0.15) is 30.9 Å². The molecule has 3 nitrogen and oxygen atoms in total. The number of ether oxygens (including phenoxy) is 1. The Morgan fingerprint density at radius 2 is 2.24 bits per heavy atom. The highest BCUT2D eigenvalue weighted by Gasteiger charge is 2.12. The lowest BCUT2D eigenvalue weighted by Crippen LogP contribution is -2.19. The van der Waals surface area contributed by atoms with E-state index in [2.05, 4.69) is 29.4 Å². The number of aryl methyl sites for hydroxylation is 1. The maximum Gasteiger partial charge on any atom is 0.124 e. The first-order chi connectivity index (χ1) is 10.2. The SMILES string of the molecule is CCC(CF)CCNCc1c(OC)cc(C)c2[nH]ccc12. The van der Waals surface area contributed by atoms with Crippen LogP contribution >= 0.6 is 0 Å². The van der Waals surface area contributed by atoms with Crippen molar-refractivity contribution in [2.75, 3.05) is 20.3 Å². The number of halogens is 1. The molecule has 0 fully saturated rings. The van der Waals surface area contributed by atoms with Gasteiger partial charge in [-0.1, -0.05) is 13.3 Å². The summed E-state index contributed by atoms with van der Waals surface area (Å²) < 4.78 is 18.2. The highest BCUT2D eigenvalue weighted by Crippen LogP contribution is 2.30.